The number of aliphatic hydroxyl groups is 1. The van der Waals surface area contributed by atoms with Crippen LogP contribution in [0.3, 0.4) is 0 Å². The Morgan fingerprint density at radius 1 is 1.27 bits per heavy atom. The monoisotopic (exact) mass is 218 g/mol. The summed E-state index contributed by atoms with van der Waals surface area (Å²) in [7, 11) is 2.09. The molecule has 92 valence electrons. The van der Waals surface area contributed by atoms with E-state index in [1.807, 2.05) is 0 Å². The lowest BCUT2D eigenvalue weighted by molar-refractivity contribution is 0.0442. The molecule has 0 aromatic carbocycles. The van der Waals surface area contributed by atoms with Crippen LogP contribution in [0, 0.1) is 0 Å². The maximum Gasteiger partial charge on any atom is 0.0698 e. The van der Waals surface area contributed by atoms with Crippen LogP contribution in [0.5, 0.6) is 0 Å². The summed E-state index contributed by atoms with van der Waals surface area (Å²) in [5.74, 6) is 0. The first kappa shape index (κ1) is 14.8. The number of hydrogen-bond acceptors (Lipinski definition) is 4. The summed E-state index contributed by atoms with van der Waals surface area (Å²) < 4.78 is 5.25. The number of ether oxygens (including phenoxy) is 1. The summed E-state index contributed by atoms with van der Waals surface area (Å²) in [6, 6.07) is 0. The number of likely N-dealkylation sites (N-methyl/N-ethyl adjacent to an activating group) is 1. The van der Waals surface area contributed by atoms with Crippen LogP contribution in [-0.2, 0) is 4.74 Å². The lowest BCUT2D eigenvalue weighted by Gasteiger charge is -2.40. The molecule has 3 N–H and O–H groups in total. The molecular formula is C11H26N2O2. The zero-order valence-electron chi connectivity index (χ0n) is 10.3. The number of hydrogen-bond donors (Lipinski definition) is 2. The summed E-state index contributed by atoms with van der Waals surface area (Å²) >= 11 is 0. The van der Waals surface area contributed by atoms with E-state index in [0.717, 1.165) is 19.4 Å². The molecule has 0 spiro atoms. The summed E-state index contributed by atoms with van der Waals surface area (Å²) in [6.07, 6.45) is 2.10. The molecule has 0 saturated heterocycles. The predicted molar refractivity (Wildman–Crippen MR) is 62.9 cm³/mol. The van der Waals surface area contributed by atoms with Crippen molar-refractivity contribution < 1.29 is 9.84 Å². The van der Waals surface area contributed by atoms with Gasteiger partial charge in [0.1, 0.15) is 0 Å². The Kier molecular flexibility index (Phi) is 7.96. The second-order valence-corrected chi connectivity index (χ2v) is 3.89. The minimum absolute atomic E-state index is 0.0906. The first-order valence-electron chi connectivity index (χ1n) is 5.76. The Morgan fingerprint density at radius 2 is 1.87 bits per heavy atom. The third-order valence-corrected chi connectivity index (χ3v) is 3.31. The predicted octanol–water partition coefficient (Wildman–Crippen LogP) is 0.445. The molecule has 0 bridgehead atoms. The first-order valence-corrected chi connectivity index (χ1v) is 5.76. The van der Waals surface area contributed by atoms with Gasteiger partial charge in [-0.05, 0) is 19.9 Å². The fraction of sp³-hybridized carbons (Fsp3) is 1.00. The highest BCUT2D eigenvalue weighted by Crippen LogP contribution is 2.20. The Morgan fingerprint density at radius 3 is 2.27 bits per heavy atom. The smallest absolute Gasteiger partial charge is 0.0698 e. The molecule has 15 heavy (non-hydrogen) atoms. The van der Waals surface area contributed by atoms with Crippen LogP contribution >= 0.6 is 0 Å². The summed E-state index contributed by atoms with van der Waals surface area (Å²) in [5.41, 5.74) is 5.94. The molecule has 0 aliphatic carbocycles. The van der Waals surface area contributed by atoms with Gasteiger partial charge in [0.2, 0.25) is 0 Å². The Balaban J connectivity index is 3.97. The summed E-state index contributed by atoms with van der Waals surface area (Å²) in [6.45, 7) is 7.03. The molecule has 0 heterocycles. The van der Waals surface area contributed by atoms with Crippen molar-refractivity contribution in [3.8, 4) is 0 Å². The lowest BCUT2D eigenvalue weighted by Crippen LogP contribution is -2.52. The third kappa shape index (κ3) is 4.47. The van der Waals surface area contributed by atoms with Crippen molar-refractivity contribution >= 4 is 0 Å². The van der Waals surface area contributed by atoms with Crippen LogP contribution in [0.15, 0.2) is 0 Å². The molecule has 0 aliphatic rings. The van der Waals surface area contributed by atoms with Crippen molar-refractivity contribution in [2.75, 3.05) is 40.0 Å². The highest BCUT2D eigenvalue weighted by atomic mass is 16.5. The van der Waals surface area contributed by atoms with Crippen molar-refractivity contribution in [3.05, 3.63) is 0 Å². The van der Waals surface area contributed by atoms with E-state index < -0.39 is 0 Å². The van der Waals surface area contributed by atoms with E-state index in [9.17, 15) is 0 Å². The molecule has 0 unspecified atom stereocenters. The van der Waals surface area contributed by atoms with E-state index in [-0.39, 0.29) is 12.1 Å². The molecule has 0 aliphatic heterocycles. The van der Waals surface area contributed by atoms with E-state index in [1.165, 1.54) is 0 Å². The Hall–Kier alpha value is -0.160. The Labute approximate surface area is 93.4 Å². The topological polar surface area (TPSA) is 58.7 Å². The fourth-order valence-corrected chi connectivity index (χ4v) is 1.84. The lowest BCUT2D eigenvalue weighted by atomic mass is 9.91. The van der Waals surface area contributed by atoms with Gasteiger partial charge in [0.05, 0.1) is 19.8 Å². The minimum atomic E-state index is 0.0906. The second kappa shape index (κ2) is 8.05. The maximum absolute atomic E-state index is 8.57. The summed E-state index contributed by atoms with van der Waals surface area (Å²) in [4.78, 5) is 2.27. The van der Waals surface area contributed by atoms with Crippen LogP contribution in [0.1, 0.15) is 26.7 Å². The van der Waals surface area contributed by atoms with Gasteiger partial charge in [-0.15, -0.1) is 0 Å². The SMILES string of the molecule is CCC(CC)(CN)N(C)CCOCCO. The van der Waals surface area contributed by atoms with Crippen LogP contribution in [0.25, 0.3) is 0 Å². The van der Waals surface area contributed by atoms with Gasteiger partial charge >= 0.3 is 0 Å². The normalized spacial score (nSPS) is 12.4. The largest absolute Gasteiger partial charge is 0.394 e. The highest BCUT2D eigenvalue weighted by Gasteiger charge is 2.28. The average Bonchev–Trinajstić information content (AvgIpc) is 2.28. The molecule has 0 aromatic rings. The number of nitrogens with two attached hydrogens (primary N) is 1. The van der Waals surface area contributed by atoms with E-state index in [4.69, 9.17) is 15.6 Å². The molecule has 0 fully saturated rings. The van der Waals surface area contributed by atoms with Crippen LogP contribution in [0.2, 0.25) is 0 Å². The van der Waals surface area contributed by atoms with E-state index >= 15 is 0 Å². The van der Waals surface area contributed by atoms with Crippen molar-refractivity contribution in [3.63, 3.8) is 0 Å². The minimum Gasteiger partial charge on any atom is -0.394 e. The van der Waals surface area contributed by atoms with Gasteiger partial charge in [-0.2, -0.15) is 0 Å². The number of aliphatic hydroxyl groups excluding tert-OH is 1. The van der Waals surface area contributed by atoms with Gasteiger partial charge in [0.15, 0.2) is 0 Å². The van der Waals surface area contributed by atoms with Crippen LogP contribution in [0.4, 0.5) is 0 Å². The van der Waals surface area contributed by atoms with Crippen molar-refractivity contribution in [2.45, 2.75) is 32.2 Å². The van der Waals surface area contributed by atoms with E-state index in [1.54, 1.807) is 0 Å². The third-order valence-electron chi connectivity index (χ3n) is 3.31. The van der Waals surface area contributed by atoms with Crippen molar-refractivity contribution in [1.29, 1.82) is 0 Å². The maximum atomic E-state index is 8.57. The van der Waals surface area contributed by atoms with Crippen LogP contribution in [-0.4, -0.2) is 55.5 Å². The van der Waals surface area contributed by atoms with E-state index in [0.29, 0.717) is 19.8 Å². The standard InChI is InChI=1S/C11H26N2O2/c1-4-11(5-2,10-12)13(3)6-8-15-9-7-14/h14H,4-10,12H2,1-3H3. The van der Waals surface area contributed by atoms with Gasteiger partial charge < -0.3 is 15.6 Å². The first-order chi connectivity index (χ1) is 7.16. The van der Waals surface area contributed by atoms with Crippen molar-refractivity contribution in [2.24, 2.45) is 5.73 Å². The summed E-state index contributed by atoms with van der Waals surface area (Å²) in [5, 5.41) is 8.57. The molecule has 0 aromatic heterocycles. The Bertz CT molecular complexity index is 141. The van der Waals surface area contributed by atoms with Gasteiger partial charge in [-0.3, -0.25) is 4.90 Å². The zero-order chi connectivity index (χ0) is 11.7. The molecule has 0 saturated carbocycles. The van der Waals surface area contributed by atoms with Gasteiger partial charge in [-0.25, -0.2) is 0 Å². The molecule has 0 amide bonds. The zero-order valence-corrected chi connectivity index (χ0v) is 10.3. The molecule has 4 nitrogen and oxygen atoms in total. The van der Waals surface area contributed by atoms with Crippen LogP contribution < -0.4 is 5.73 Å². The average molecular weight is 218 g/mol. The quantitative estimate of drug-likeness (QED) is 0.552. The molecule has 0 rings (SSSR count). The molecule has 0 atom stereocenters. The van der Waals surface area contributed by atoms with Gasteiger partial charge in [-0.1, -0.05) is 13.8 Å². The highest BCUT2D eigenvalue weighted by molar-refractivity contribution is 4.87. The molecular weight excluding hydrogens is 192 g/mol. The number of nitrogens with zero attached hydrogens (tertiary/aromatic N) is 1. The second-order valence-electron chi connectivity index (χ2n) is 3.89. The number of rotatable bonds is 9. The van der Waals surface area contributed by atoms with Gasteiger partial charge in [0, 0.05) is 18.6 Å². The molecule has 0 radical (unpaired) electrons. The van der Waals surface area contributed by atoms with Gasteiger partial charge in [0.25, 0.3) is 0 Å². The fourth-order valence-electron chi connectivity index (χ4n) is 1.84. The van der Waals surface area contributed by atoms with Crippen molar-refractivity contribution in [1.82, 2.24) is 4.90 Å². The van der Waals surface area contributed by atoms with E-state index in [2.05, 4.69) is 25.8 Å². The molecule has 4 heteroatoms.